The lowest BCUT2D eigenvalue weighted by Gasteiger charge is -2.37. The Balaban J connectivity index is 1.64. The molecule has 4 heteroatoms. The van der Waals surface area contributed by atoms with Gasteiger partial charge < -0.3 is 14.8 Å². The highest BCUT2D eigenvalue weighted by atomic mass is 32.1. The van der Waals surface area contributed by atoms with Crippen LogP contribution in [-0.4, -0.2) is 19.8 Å². The van der Waals surface area contributed by atoms with Gasteiger partial charge in [-0.2, -0.15) is 0 Å². The van der Waals surface area contributed by atoms with Crippen LogP contribution in [0.5, 0.6) is 5.75 Å². The van der Waals surface area contributed by atoms with Crippen LogP contribution in [0.3, 0.4) is 0 Å². The fourth-order valence-electron chi connectivity index (χ4n) is 3.82. The third-order valence-corrected chi connectivity index (χ3v) is 5.85. The van der Waals surface area contributed by atoms with Crippen molar-refractivity contribution in [2.24, 2.45) is 5.92 Å². The van der Waals surface area contributed by atoms with Crippen molar-refractivity contribution in [3.63, 3.8) is 0 Å². The fourth-order valence-corrected chi connectivity index (χ4v) is 4.67. The lowest BCUT2D eigenvalue weighted by atomic mass is 9.79. The average molecular weight is 341 g/mol. The molecule has 0 saturated carbocycles. The van der Waals surface area contributed by atoms with Crippen LogP contribution in [0.25, 0.3) is 0 Å². The molecule has 126 valence electrons. The minimum atomic E-state index is 0.356. The van der Waals surface area contributed by atoms with Gasteiger partial charge in [0.15, 0.2) is 0 Å². The van der Waals surface area contributed by atoms with E-state index in [1.807, 2.05) is 18.3 Å². The minimum Gasteiger partial charge on any atom is -0.489 e. The smallest absolute Gasteiger partial charge is 0.142 e. The van der Waals surface area contributed by atoms with E-state index in [-0.39, 0.29) is 0 Å². The van der Waals surface area contributed by atoms with Gasteiger partial charge in [0.2, 0.25) is 0 Å². The standard InChI is InChI=1S/C20H23NO2S/c1-2-22-11-12-23-17-9-4-8-15-14-6-3-7-16(14)20(21-19(15)17)18-10-5-13-24-18/h3-6,8-10,13-14,16,20-21H,2,7,11-12H2,1H3. The van der Waals surface area contributed by atoms with E-state index in [0.717, 1.165) is 24.5 Å². The maximum Gasteiger partial charge on any atom is 0.142 e. The molecule has 3 atom stereocenters. The van der Waals surface area contributed by atoms with Crippen molar-refractivity contribution in [2.45, 2.75) is 25.3 Å². The largest absolute Gasteiger partial charge is 0.489 e. The van der Waals surface area contributed by atoms with E-state index in [4.69, 9.17) is 9.47 Å². The molecule has 2 aliphatic rings. The van der Waals surface area contributed by atoms with Gasteiger partial charge in [0.1, 0.15) is 12.4 Å². The summed E-state index contributed by atoms with van der Waals surface area (Å²) in [5, 5.41) is 5.95. The Labute approximate surface area is 147 Å². The third-order valence-electron chi connectivity index (χ3n) is 4.90. The number of hydrogen-bond acceptors (Lipinski definition) is 4. The second-order valence-corrected chi connectivity index (χ2v) is 7.24. The molecule has 2 heterocycles. The van der Waals surface area contributed by atoms with Crippen LogP contribution in [-0.2, 0) is 4.74 Å². The molecule has 0 spiro atoms. The molecule has 0 fully saturated rings. The Kier molecular flexibility index (Phi) is 4.58. The zero-order valence-electron chi connectivity index (χ0n) is 13.9. The van der Waals surface area contributed by atoms with Crippen LogP contribution in [0.1, 0.15) is 35.7 Å². The second kappa shape index (κ2) is 6.99. The Hall–Kier alpha value is -1.78. The van der Waals surface area contributed by atoms with Crippen LogP contribution in [0.4, 0.5) is 5.69 Å². The van der Waals surface area contributed by atoms with Gasteiger partial charge in [0.05, 0.1) is 18.3 Å². The van der Waals surface area contributed by atoms with Crippen molar-refractivity contribution < 1.29 is 9.47 Å². The molecule has 0 saturated heterocycles. The van der Waals surface area contributed by atoms with Crippen molar-refractivity contribution in [1.29, 1.82) is 0 Å². The molecule has 2 aromatic rings. The maximum atomic E-state index is 6.01. The molecule has 1 aliphatic heterocycles. The second-order valence-electron chi connectivity index (χ2n) is 6.26. The summed E-state index contributed by atoms with van der Waals surface area (Å²) in [6.07, 6.45) is 5.83. The van der Waals surface area contributed by atoms with Gasteiger partial charge in [-0.25, -0.2) is 0 Å². The first-order valence-electron chi connectivity index (χ1n) is 8.68. The van der Waals surface area contributed by atoms with Crippen LogP contribution < -0.4 is 10.1 Å². The molecule has 1 N–H and O–H groups in total. The summed E-state index contributed by atoms with van der Waals surface area (Å²) in [5.74, 6) is 2.01. The summed E-state index contributed by atoms with van der Waals surface area (Å²) in [6.45, 7) is 3.94. The molecule has 1 aromatic carbocycles. The monoisotopic (exact) mass is 341 g/mol. The minimum absolute atomic E-state index is 0.356. The van der Waals surface area contributed by atoms with E-state index < -0.39 is 0 Å². The summed E-state index contributed by atoms with van der Waals surface area (Å²) >= 11 is 1.83. The van der Waals surface area contributed by atoms with Crippen molar-refractivity contribution in [1.82, 2.24) is 0 Å². The number of allylic oxidation sites excluding steroid dienone is 2. The normalized spacial score (nSPS) is 24.3. The molecule has 0 bridgehead atoms. The predicted octanol–water partition coefficient (Wildman–Crippen LogP) is 4.99. The number of hydrogen-bond donors (Lipinski definition) is 1. The van der Waals surface area contributed by atoms with Crippen LogP contribution >= 0.6 is 11.3 Å². The molecular formula is C20H23NO2S. The van der Waals surface area contributed by atoms with Crippen molar-refractivity contribution in [3.8, 4) is 5.75 Å². The number of para-hydroxylation sites is 1. The Morgan fingerprint density at radius 3 is 3.00 bits per heavy atom. The summed E-state index contributed by atoms with van der Waals surface area (Å²) in [7, 11) is 0. The number of anilines is 1. The van der Waals surface area contributed by atoms with Crippen LogP contribution in [0.2, 0.25) is 0 Å². The van der Waals surface area contributed by atoms with Gasteiger partial charge in [-0.15, -0.1) is 11.3 Å². The van der Waals surface area contributed by atoms with E-state index >= 15 is 0 Å². The summed E-state index contributed by atoms with van der Waals surface area (Å²) < 4.78 is 11.4. The molecule has 24 heavy (non-hydrogen) atoms. The lowest BCUT2D eigenvalue weighted by Crippen LogP contribution is -2.29. The van der Waals surface area contributed by atoms with Crippen LogP contribution in [0, 0.1) is 5.92 Å². The number of nitrogens with one attached hydrogen (secondary N) is 1. The van der Waals surface area contributed by atoms with E-state index in [9.17, 15) is 0 Å². The predicted molar refractivity (Wildman–Crippen MR) is 99.1 cm³/mol. The van der Waals surface area contributed by atoms with Gasteiger partial charge >= 0.3 is 0 Å². The highest BCUT2D eigenvalue weighted by Crippen LogP contribution is 2.52. The SMILES string of the molecule is CCOCCOc1cccc2c1NC(c1cccs1)C1CC=CC21. The van der Waals surface area contributed by atoms with Crippen molar-refractivity contribution in [3.05, 3.63) is 58.3 Å². The van der Waals surface area contributed by atoms with E-state index in [1.54, 1.807) is 0 Å². The number of rotatable bonds is 6. The van der Waals surface area contributed by atoms with Gasteiger partial charge in [0, 0.05) is 17.4 Å². The fraction of sp³-hybridized carbons (Fsp3) is 0.400. The molecule has 1 aromatic heterocycles. The molecule has 3 nitrogen and oxygen atoms in total. The Morgan fingerprint density at radius 1 is 1.21 bits per heavy atom. The number of ether oxygens (including phenoxy) is 2. The van der Waals surface area contributed by atoms with Crippen molar-refractivity contribution in [2.75, 3.05) is 25.1 Å². The first-order valence-corrected chi connectivity index (χ1v) is 9.56. The summed E-state index contributed by atoms with van der Waals surface area (Å²) in [6, 6.07) is 11.1. The lowest BCUT2D eigenvalue weighted by molar-refractivity contribution is 0.110. The van der Waals surface area contributed by atoms with E-state index in [2.05, 4.69) is 53.2 Å². The molecular weight excluding hydrogens is 318 g/mol. The van der Waals surface area contributed by atoms with Gasteiger partial charge in [-0.1, -0.05) is 30.4 Å². The third kappa shape index (κ3) is 2.85. The molecule has 1 aliphatic carbocycles. The van der Waals surface area contributed by atoms with Crippen LogP contribution in [0.15, 0.2) is 47.9 Å². The molecule has 0 amide bonds. The zero-order valence-corrected chi connectivity index (χ0v) is 14.7. The molecule has 0 radical (unpaired) electrons. The zero-order chi connectivity index (χ0) is 16.4. The summed E-state index contributed by atoms with van der Waals surface area (Å²) in [4.78, 5) is 1.41. The van der Waals surface area contributed by atoms with Gasteiger partial charge in [-0.3, -0.25) is 0 Å². The highest BCUT2D eigenvalue weighted by Gasteiger charge is 2.39. The van der Waals surface area contributed by atoms with Crippen molar-refractivity contribution >= 4 is 17.0 Å². The Morgan fingerprint density at radius 2 is 2.17 bits per heavy atom. The number of benzene rings is 1. The van der Waals surface area contributed by atoms with Gasteiger partial charge in [-0.05, 0) is 42.3 Å². The first kappa shape index (κ1) is 15.7. The maximum absolute atomic E-state index is 6.01. The summed E-state index contributed by atoms with van der Waals surface area (Å²) in [5.41, 5.74) is 2.51. The number of thiophene rings is 1. The molecule has 3 unspecified atom stereocenters. The highest BCUT2D eigenvalue weighted by molar-refractivity contribution is 7.10. The Bertz CT molecular complexity index is 710. The van der Waals surface area contributed by atoms with Gasteiger partial charge in [0.25, 0.3) is 0 Å². The van der Waals surface area contributed by atoms with E-state index in [1.165, 1.54) is 10.4 Å². The topological polar surface area (TPSA) is 30.5 Å². The number of fused-ring (bicyclic) bond motifs is 3. The molecule has 4 rings (SSSR count). The first-order chi connectivity index (χ1) is 11.9. The quantitative estimate of drug-likeness (QED) is 0.593. The average Bonchev–Trinajstić information content (AvgIpc) is 3.29. The van der Waals surface area contributed by atoms with E-state index in [0.29, 0.717) is 31.1 Å².